The first kappa shape index (κ1) is 14.5. The molecule has 3 nitrogen and oxygen atoms in total. The van der Waals surface area contributed by atoms with Gasteiger partial charge in [0.1, 0.15) is 0 Å². The summed E-state index contributed by atoms with van der Waals surface area (Å²) in [7, 11) is 0. The molecule has 2 unspecified atom stereocenters. The number of hydrogen-bond donors (Lipinski definition) is 1. The van der Waals surface area contributed by atoms with Crippen molar-refractivity contribution >= 4 is 5.91 Å². The maximum absolute atomic E-state index is 12.2. The van der Waals surface area contributed by atoms with Crippen molar-refractivity contribution in [1.82, 2.24) is 4.90 Å². The molecule has 100 valence electrons. The zero-order chi connectivity index (χ0) is 12.8. The van der Waals surface area contributed by atoms with E-state index in [1.165, 1.54) is 6.42 Å². The van der Waals surface area contributed by atoms with E-state index < -0.39 is 0 Å². The molecule has 2 atom stereocenters. The van der Waals surface area contributed by atoms with Gasteiger partial charge in [-0.05, 0) is 43.6 Å². The van der Waals surface area contributed by atoms with E-state index in [9.17, 15) is 4.79 Å². The first-order chi connectivity index (χ1) is 8.02. The Labute approximate surface area is 106 Å². The Morgan fingerprint density at radius 1 is 1.47 bits per heavy atom. The molecule has 3 heteroatoms. The fourth-order valence-electron chi connectivity index (χ4n) is 2.72. The standard InChI is InChI=1S/C14H28N2O/c1-11(2)7-13(9-15)8-14(17)16-6-4-5-12(3)10-16/h11-13H,4-10,15H2,1-3H3. The second kappa shape index (κ2) is 7.00. The van der Waals surface area contributed by atoms with Gasteiger partial charge in [-0.2, -0.15) is 0 Å². The highest BCUT2D eigenvalue weighted by Crippen LogP contribution is 2.20. The molecule has 0 saturated carbocycles. The van der Waals surface area contributed by atoms with Crippen LogP contribution < -0.4 is 5.73 Å². The van der Waals surface area contributed by atoms with E-state index >= 15 is 0 Å². The van der Waals surface area contributed by atoms with Crippen molar-refractivity contribution in [1.29, 1.82) is 0 Å². The second-order valence-corrected chi connectivity index (χ2v) is 6.02. The molecule has 17 heavy (non-hydrogen) atoms. The fourth-order valence-corrected chi connectivity index (χ4v) is 2.72. The third kappa shape index (κ3) is 5.07. The second-order valence-electron chi connectivity index (χ2n) is 6.02. The molecule has 1 saturated heterocycles. The van der Waals surface area contributed by atoms with E-state index in [1.54, 1.807) is 0 Å². The van der Waals surface area contributed by atoms with Gasteiger partial charge in [0.05, 0.1) is 0 Å². The van der Waals surface area contributed by atoms with Gasteiger partial charge in [-0.25, -0.2) is 0 Å². The lowest BCUT2D eigenvalue weighted by molar-refractivity contribution is -0.133. The van der Waals surface area contributed by atoms with E-state index in [2.05, 4.69) is 20.8 Å². The van der Waals surface area contributed by atoms with Crippen LogP contribution in [0.15, 0.2) is 0 Å². The first-order valence-electron chi connectivity index (χ1n) is 7.00. The average molecular weight is 240 g/mol. The van der Waals surface area contributed by atoms with Crippen molar-refractivity contribution in [2.24, 2.45) is 23.5 Å². The summed E-state index contributed by atoms with van der Waals surface area (Å²) in [5, 5.41) is 0. The van der Waals surface area contributed by atoms with Gasteiger partial charge in [0.25, 0.3) is 0 Å². The van der Waals surface area contributed by atoms with Crippen molar-refractivity contribution in [2.75, 3.05) is 19.6 Å². The number of likely N-dealkylation sites (tertiary alicyclic amines) is 1. The number of carbonyl (C=O) groups is 1. The molecule has 1 aliphatic rings. The van der Waals surface area contributed by atoms with Crippen molar-refractivity contribution in [2.45, 2.75) is 46.5 Å². The fraction of sp³-hybridized carbons (Fsp3) is 0.929. The number of piperidine rings is 1. The Balaban J connectivity index is 2.40. The van der Waals surface area contributed by atoms with Crippen molar-refractivity contribution < 1.29 is 4.79 Å². The molecule has 0 spiro atoms. The van der Waals surface area contributed by atoms with Crippen LogP contribution in [0.1, 0.15) is 46.5 Å². The lowest BCUT2D eigenvalue weighted by Crippen LogP contribution is -2.40. The normalized spacial score (nSPS) is 22.9. The average Bonchev–Trinajstić information content (AvgIpc) is 2.27. The summed E-state index contributed by atoms with van der Waals surface area (Å²) >= 11 is 0. The lowest BCUT2D eigenvalue weighted by Gasteiger charge is -2.32. The first-order valence-corrected chi connectivity index (χ1v) is 7.00. The summed E-state index contributed by atoms with van der Waals surface area (Å²) < 4.78 is 0. The highest BCUT2D eigenvalue weighted by molar-refractivity contribution is 5.76. The van der Waals surface area contributed by atoms with Crippen molar-refractivity contribution in [3.63, 3.8) is 0 Å². The summed E-state index contributed by atoms with van der Waals surface area (Å²) in [6.07, 6.45) is 4.12. The number of hydrogen-bond acceptors (Lipinski definition) is 2. The summed E-state index contributed by atoms with van der Waals surface area (Å²) in [4.78, 5) is 14.2. The van der Waals surface area contributed by atoms with Crippen LogP contribution in [0.25, 0.3) is 0 Å². The predicted octanol–water partition coefficient (Wildman–Crippen LogP) is 2.26. The molecule has 0 aromatic carbocycles. The number of nitrogens with two attached hydrogens (primary N) is 1. The molecular formula is C14H28N2O. The van der Waals surface area contributed by atoms with Crippen LogP contribution in [0.3, 0.4) is 0 Å². The van der Waals surface area contributed by atoms with E-state index in [0.717, 1.165) is 25.9 Å². The van der Waals surface area contributed by atoms with Gasteiger partial charge in [0.15, 0.2) is 0 Å². The monoisotopic (exact) mass is 240 g/mol. The van der Waals surface area contributed by atoms with Gasteiger partial charge in [-0.3, -0.25) is 4.79 Å². The third-order valence-corrected chi connectivity index (χ3v) is 3.61. The molecule has 0 bridgehead atoms. The van der Waals surface area contributed by atoms with Crippen LogP contribution in [0.2, 0.25) is 0 Å². The summed E-state index contributed by atoms with van der Waals surface area (Å²) in [5.41, 5.74) is 5.76. The van der Waals surface area contributed by atoms with Crippen LogP contribution in [0.5, 0.6) is 0 Å². The van der Waals surface area contributed by atoms with Gasteiger partial charge in [-0.15, -0.1) is 0 Å². The summed E-state index contributed by atoms with van der Waals surface area (Å²) in [6, 6.07) is 0. The molecule has 0 radical (unpaired) electrons. The molecule has 0 aromatic heterocycles. The SMILES string of the molecule is CC(C)CC(CN)CC(=O)N1CCCC(C)C1. The quantitative estimate of drug-likeness (QED) is 0.801. The summed E-state index contributed by atoms with van der Waals surface area (Å²) in [5.74, 6) is 1.96. The number of rotatable bonds is 5. The number of nitrogens with zero attached hydrogens (tertiary/aromatic N) is 1. The van der Waals surface area contributed by atoms with E-state index in [0.29, 0.717) is 36.6 Å². The van der Waals surface area contributed by atoms with Crippen LogP contribution in [0.4, 0.5) is 0 Å². The Morgan fingerprint density at radius 2 is 2.18 bits per heavy atom. The smallest absolute Gasteiger partial charge is 0.222 e. The minimum atomic E-state index is 0.313. The minimum absolute atomic E-state index is 0.313. The van der Waals surface area contributed by atoms with Crippen LogP contribution in [-0.2, 0) is 4.79 Å². The number of amides is 1. The summed E-state index contributed by atoms with van der Waals surface area (Å²) in [6.45, 7) is 9.13. The Hall–Kier alpha value is -0.570. The molecule has 0 aliphatic carbocycles. The zero-order valence-corrected chi connectivity index (χ0v) is 11.6. The van der Waals surface area contributed by atoms with Crippen LogP contribution in [0, 0.1) is 17.8 Å². The Bertz CT molecular complexity index is 240. The highest BCUT2D eigenvalue weighted by atomic mass is 16.2. The molecule has 0 aromatic rings. The minimum Gasteiger partial charge on any atom is -0.342 e. The van der Waals surface area contributed by atoms with E-state index in [4.69, 9.17) is 5.73 Å². The van der Waals surface area contributed by atoms with Gasteiger partial charge in [0.2, 0.25) is 5.91 Å². The van der Waals surface area contributed by atoms with Crippen molar-refractivity contribution in [3.05, 3.63) is 0 Å². The largest absolute Gasteiger partial charge is 0.342 e. The molecule has 1 amide bonds. The Kier molecular flexibility index (Phi) is 5.96. The predicted molar refractivity (Wildman–Crippen MR) is 71.6 cm³/mol. The lowest BCUT2D eigenvalue weighted by atomic mass is 9.93. The van der Waals surface area contributed by atoms with Crippen molar-refractivity contribution in [3.8, 4) is 0 Å². The molecule has 1 aliphatic heterocycles. The topological polar surface area (TPSA) is 46.3 Å². The van der Waals surface area contributed by atoms with Gasteiger partial charge in [0, 0.05) is 19.5 Å². The molecular weight excluding hydrogens is 212 g/mol. The van der Waals surface area contributed by atoms with Gasteiger partial charge < -0.3 is 10.6 Å². The molecule has 1 heterocycles. The zero-order valence-electron chi connectivity index (χ0n) is 11.6. The maximum atomic E-state index is 12.2. The third-order valence-electron chi connectivity index (χ3n) is 3.61. The van der Waals surface area contributed by atoms with Gasteiger partial charge >= 0.3 is 0 Å². The Morgan fingerprint density at radius 3 is 2.71 bits per heavy atom. The number of carbonyl (C=O) groups excluding carboxylic acids is 1. The molecule has 2 N–H and O–H groups in total. The van der Waals surface area contributed by atoms with Gasteiger partial charge in [-0.1, -0.05) is 20.8 Å². The molecule has 1 rings (SSSR count). The van der Waals surface area contributed by atoms with E-state index in [-0.39, 0.29) is 0 Å². The molecule has 1 fully saturated rings. The maximum Gasteiger partial charge on any atom is 0.222 e. The van der Waals surface area contributed by atoms with Crippen LogP contribution in [-0.4, -0.2) is 30.4 Å². The highest BCUT2D eigenvalue weighted by Gasteiger charge is 2.23. The van der Waals surface area contributed by atoms with Crippen LogP contribution >= 0.6 is 0 Å². The van der Waals surface area contributed by atoms with E-state index in [1.807, 2.05) is 4.90 Å².